The second-order valence-corrected chi connectivity index (χ2v) is 7.23. The lowest BCUT2D eigenvalue weighted by Gasteiger charge is -2.24. The lowest BCUT2D eigenvalue weighted by Crippen LogP contribution is -2.27. The van der Waals surface area contributed by atoms with Crippen LogP contribution in [-0.2, 0) is 17.9 Å². The number of benzene rings is 2. The Morgan fingerprint density at radius 3 is 2.70 bits per heavy atom. The van der Waals surface area contributed by atoms with E-state index in [1.165, 1.54) is 18.2 Å². The molecular formula is C20H18ClF3N4O2. The molecule has 0 fully saturated rings. The van der Waals surface area contributed by atoms with E-state index in [0.29, 0.717) is 36.5 Å². The first-order chi connectivity index (χ1) is 14.3. The minimum atomic E-state index is -4.76. The highest BCUT2D eigenvalue weighted by molar-refractivity contribution is 6.30. The van der Waals surface area contributed by atoms with Gasteiger partial charge in [-0.3, -0.25) is 0 Å². The van der Waals surface area contributed by atoms with E-state index in [1.807, 2.05) is 28.6 Å². The normalized spacial score (nSPS) is 13.8. The highest BCUT2D eigenvalue weighted by Crippen LogP contribution is 2.32. The van der Waals surface area contributed by atoms with Gasteiger partial charge in [-0.2, -0.15) is 4.98 Å². The smallest absolute Gasteiger partial charge is 0.406 e. The molecule has 158 valence electrons. The van der Waals surface area contributed by atoms with E-state index < -0.39 is 6.36 Å². The molecule has 0 saturated heterocycles. The number of hydrogen-bond donors (Lipinski definition) is 1. The Kier molecular flexibility index (Phi) is 5.48. The van der Waals surface area contributed by atoms with E-state index in [-0.39, 0.29) is 5.75 Å². The number of aromatic nitrogens is 2. The zero-order valence-corrected chi connectivity index (χ0v) is 16.7. The molecule has 1 aliphatic rings. The van der Waals surface area contributed by atoms with Crippen LogP contribution in [0.4, 0.5) is 30.6 Å². The molecular weight excluding hydrogens is 421 g/mol. The predicted octanol–water partition coefficient (Wildman–Crippen LogP) is 5.15. The third-order valence-electron chi connectivity index (χ3n) is 4.51. The Hall–Kier alpha value is -2.91. The summed E-state index contributed by atoms with van der Waals surface area (Å²) in [5.74, 6) is 0.922. The summed E-state index contributed by atoms with van der Waals surface area (Å²) in [6.07, 6.45) is -4.76. The number of imidazole rings is 1. The Morgan fingerprint density at radius 1 is 1.20 bits per heavy atom. The number of anilines is 3. The van der Waals surface area contributed by atoms with Crippen molar-refractivity contribution in [2.75, 3.05) is 24.0 Å². The fraction of sp³-hybridized carbons (Fsp3) is 0.250. The molecule has 0 bridgehead atoms. The average Bonchev–Trinajstić information content (AvgIpc) is 3.01. The van der Waals surface area contributed by atoms with Crippen LogP contribution in [0, 0.1) is 0 Å². The summed E-state index contributed by atoms with van der Waals surface area (Å²) in [4.78, 5) is 6.52. The van der Waals surface area contributed by atoms with Gasteiger partial charge in [0.15, 0.2) is 5.82 Å². The number of nitrogens with one attached hydrogen (secondary N) is 1. The number of alkyl halides is 3. The number of halogens is 4. The molecule has 0 saturated carbocycles. The molecule has 4 rings (SSSR count). The number of ether oxygens (including phenoxy) is 2. The quantitative estimate of drug-likeness (QED) is 0.597. The van der Waals surface area contributed by atoms with Crippen molar-refractivity contribution in [2.45, 2.75) is 19.5 Å². The van der Waals surface area contributed by atoms with Gasteiger partial charge in [-0.25, -0.2) is 0 Å². The molecule has 0 spiro atoms. The molecule has 10 heteroatoms. The zero-order valence-electron chi connectivity index (χ0n) is 15.9. The van der Waals surface area contributed by atoms with E-state index >= 15 is 0 Å². The van der Waals surface area contributed by atoms with Crippen LogP contribution in [0.25, 0.3) is 0 Å². The first-order valence-corrected chi connectivity index (χ1v) is 9.42. The summed E-state index contributed by atoms with van der Waals surface area (Å²) in [5, 5.41) is 3.74. The van der Waals surface area contributed by atoms with E-state index in [9.17, 15) is 13.2 Å². The zero-order chi connectivity index (χ0) is 21.3. The monoisotopic (exact) mass is 438 g/mol. The summed E-state index contributed by atoms with van der Waals surface area (Å²) in [5.41, 5.74) is 2.27. The van der Waals surface area contributed by atoms with Crippen molar-refractivity contribution in [2.24, 2.45) is 0 Å². The summed E-state index contributed by atoms with van der Waals surface area (Å²) < 4.78 is 49.2. The van der Waals surface area contributed by atoms with Gasteiger partial charge in [0, 0.05) is 23.8 Å². The second-order valence-electron chi connectivity index (χ2n) is 6.79. The SMILES string of the molecule is CN1COCc2c1nc(Nc1cccc(OC(F)(F)F)c1)n2Cc1ccc(Cl)cc1. The Labute approximate surface area is 175 Å². The maximum atomic E-state index is 12.5. The molecule has 0 unspecified atom stereocenters. The summed E-state index contributed by atoms with van der Waals surface area (Å²) in [6.45, 7) is 1.26. The third-order valence-corrected chi connectivity index (χ3v) is 4.77. The summed E-state index contributed by atoms with van der Waals surface area (Å²) in [6, 6.07) is 13.0. The highest BCUT2D eigenvalue weighted by Gasteiger charge is 2.31. The second kappa shape index (κ2) is 8.08. The van der Waals surface area contributed by atoms with Crippen LogP contribution in [0.2, 0.25) is 5.02 Å². The van der Waals surface area contributed by atoms with Gasteiger partial charge in [-0.1, -0.05) is 29.8 Å². The van der Waals surface area contributed by atoms with Gasteiger partial charge in [0.1, 0.15) is 12.5 Å². The van der Waals surface area contributed by atoms with Gasteiger partial charge in [0.05, 0.1) is 18.8 Å². The van der Waals surface area contributed by atoms with Gasteiger partial charge in [-0.05, 0) is 29.8 Å². The van der Waals surface area contributed by atoms with Crippen LogP contribution in [0.5, 0.6) is 5.75 Å². The lowest BCUT2D eigenvalue weighted by atomic mass is 10.2. The molecule has 0 radical (unpaired) electrons. The van der Waals surface area contributed by atoms with Crippen molar-refractivity contribution < 1.29 is 22.6 Å². The number of nitrogens with zero attached hydrogens (tertiary/aromatic N) is 3. The first-order valence-electron chi connectivity index (χ1n) is 9.04. The van der Waals surface area contributed by atoms with Gasteiger partial charge in [0.2, 0.25) is 5.95 Å². The van der Waals surface area contributed by atoms with E-state index in [0.717, 1.165) is 17.1 Å². The summed E-state index contributed by atoms with van der Waals surface area (Å²) in [7, 11) is 1.86. The van der Waals surface area contributed by atoms with Crippen LogP contribution < -0.4 is 15.0 Å². The molecule has 3 aromatic rings. The molecule has 0 amide bonds. The van der Waals surface area contributed by atoms with Crippen molar-refractivity contribution in [1.29, 1.82) is 0 Å². The van der Waals surface area contributed by atoms with Crippen LogP contribution in [0.3, 0.4) is 0 Å². The van der Waals surface area contributed by atoms with E-state index in [4.69, 9.17) is 16.3 Å². The number of fused-ring (bicyclic) bond motifs is 1. The van der Waals surface area contributed by atoms with Gasteiger partial charge < -0.3 is 24.3 Å². The Balaban J connectivity index is 1.67. The van der Waals surface area contributed by atoms with Gasteiger partial charge in [0.25, 0.3) is 0 Å². The maximum absolute atomic E-state index is 12.5. The van der Waals surface area contributed by atoms with E-state index in [1.54, 1.807) is 18.2 Å². The van der Waals surface area contributed by atoms with Crippen LogP contribution in [-0.4, -0.2) is 29.7 Å². The summed E-state index contributed by atoms with van der Waals surface area (Å²) >= 11 is 5.98. The highest BCUT2D eigenvalue weighted by atomic mass is 35.5. The molecule has 2 aromatic carbocycles. The number of hydrogen-bond acceptors (Lipinski definition) is 5. The minimum Gasteiger partial charge on any atom is -0.406 e. The van der Waals surface area contributed by atoms with Crippen LogP contribution >= 0.6 is 11.6 Å². The molecule has 6 nitrogen and oxygen atoms in total. The minimum absolute atomic E-state index is 0.312. The fourth-order valence-corrected chi connectivity index (χ4v) is 3.33. The maximum Gasteiger partial charge on any atom is 0.573 e. The topological polar surface area (TPSA) is 51.6 Å². The van der Waals surface area contributed by atoms with Crippen molar-refractivity contribution in [1.82, 2.24) is 9.55 Å². The van der Waals surface area contributed by atoms with Crippen molar-refractivity contribution >= 4 is 29.1 Å². The average molecular weight is 439 g/mol. The predicted molar refractivity (Wildman–Crippen MR) is 107 cm³/mol. The van der Waals surface area contributed by atoms with Crippen molar-refractivity contribution in [3.8, 4) is 5.75 Å². The Morgan fingerprint density at radius 2 is 1.97 bits per heavy atom. The number of rotatable bonds is 5. The standard InChI is InChI=1S/C20H18ClF3N4O2/c1-27-12-29-11-17-18(27)26-19(28(17)10-13-5-7-14(21)8-6-13)25-15-3-2-4-16(9-15)30-20(22,23)24/h2-9H,10-12H2,1H3,(H,25,26). The molecule has 1 N–H and O–H groups in total. The van der Waals surface area contributed by atoms with Crippen molar-refractivity contribution in [3.63, 3.8) is 0 Å². The van der Waals surface area contributed by atoms with E-state index in [2.05, 4.69) is 15.0 Å². The third kappa shape index (κ3) is 4.63. The molecule has 0 atom stereocenters. The lowest BCUT2D eigenvalue weighted by molar-refractivity contribution is -0.274. The van der Waals surface area contributed by atoms with Gasteiger partial charge >= 0.3 is 6.36 Å². The van der Waals surface area contributed by atoms with Crippen molar-refractivity contribution in [3.05, 3.63) is 64.8 Å². The molecule has 1 aromatic heterocycles. The largest absolute Gasteiger partial charge is 0.573 e. The molecule has 0 aliphatic carbocycles. The van der Waals surface area contributed by atoms with Crippen LogP contribution in [0.15, 0.2) is 48.5 Å². The molecule has 2 heterocycles. The van der Waals surface area contributed by atoms with Crippen LogP contribution in [0.1, 0.15) is 11.3 Å². The van der Waals surface area contributed by atoms with Gasteiger partial charge in [-0.15, -0.1) is 13.2 Å². The first kappa shape index (κ1) is 20.4. The Bertz CT molecular complexity index is 1040. The fourth-order valence-electron chi connectivity index (χ4n) is 3.20. The molecule has 1 aliphatic heterocycles. The molecule has 30 heavy (non-hydrogen) atoms.